The molecular weight excluding hydrogens is 242 g/mol. The van der Waals surface area contributed by atoms with Crippen LogP contribution in [0.25, 0.3) is 0 Å². The molecule has 0 saturated heterocycles. The summed E-state index contributed by atoms with van der Waals surface area (Å²) in [6.45, 7) is 4.73. The Labute approximate surface area is 112 Å². The lowest BCUT2D eigenvalue weighted by Gasteiger charge is -2.15. The Kier molecular flexibility index (Phi) is 4.16. The van der Waals surface area contributed by atoms with Gasteiger partial charge in [0.15, 0.2) is 5.75 Å². The second kappa shape index (κ2) is 5.84. The second-order valence-electron chi connectivity index (χ2n) is 4.46. The lowest BCUT2D eigenvalue weighted by Crippen LogP contribution is -2.11. The normalized spacial score (nSPS) is 12.4. The topological polar surface area (TPSA) is 60.2 Å². The SMILES string of the molecule is CCCn1ncc(OC)c1C(O)c1ccc(C)nc1. The standard InChI is InChI=1S/C14H19N3O2/c1-4-7-17-13(12(19-3)9-16-17)14(18)11-6-5-10(2)15-8-11/h5-6,8-9,14,18H,4,7H2,1-3H3. The maximum absolute atomic E-state index is 10.5. The van der Waals surface area contributed by atoms with Crippen molar-refractivity contribution in [3.05, 3.63) is 41.5 Å². The molecule has 102 valence electrons. The number of pyridine rings is 1. The number of ether oxygens (including phenoxy) is 1. The van der Waals surface area contributed by atoms with E-state index >= 15 is 0 Å². The first-order valence-electron chi connectivity index (χ1n) is 6.37. The highest BCUT2D eigenvalue weighted by molar-refractivity contribution is 5.34. The number of aryl methyl sites for hydroxylation is 2. The number of aromatic nitrogens is 3. The van der Waals surface area contributed by atoms with Gasteiger partial charge in [-0.25, -0.2) is 0 Å². The van der Waals surface area contributed by atoms with Gasteiger partial charge >= 0.3 is 0 Å². The van der Waals surface area contributed by atoms with E-state index in [1.54, 1.807) is 24.2 Å². The van der Waals surface area contributed by atoms with Crippen molar-refractivity contribution < 1.29 is 9.84 Å². The van der Waals surface area contributed by atoms with E-state index in [2.05, 4.69) is 17.0 Å². The number of nitrogens with zero attached hydrogens (tertiary/aromatic N) is 3. The Morgan fingerprint density at radius 3 is 2.74 bits per heavy atom. The van der Waals surface area contributed by atoms with Crippen LogP contribution < -0.4 is 4.74 Å². The van der Waals surface area contributed by atoms with Gasteiger partial charge in [0.05, 0.1) is 13.3 Å². The molecule has 2 aromatic rings. The Hall–Kier alpha value is -1.88. The molecule has 0 aliphatic carbocycles. The predicted molar refractivity (Wildman–Crippen MR) is 72.1 cm³/mol. The van der Waals surface area contributed by atoms with Gasteiger partial charge in [0.25, 0.3) is 0 Å². The van der Waals surface area contributed by atoms with Gasteiger partial charge in [0.1, 0.15) is 11.8 Å². The molecule has 0 saturated carbocycles. The van der Waals surface area contributed by atoms with E-state index in [1.165, 1.54) is 0 Å². The highest BCUT2D eigenvalue weighted by Gasteiger charge is 2.21. The molecule has 2 heterocycles. The molecule has 19 heavy (non-hydrogen) atoms. The van der Waals surface area contributed by atoms with Gasteiger partial charge in [-0.2, -0.15) is 5.10 Å². The van der Waals surface area contributed by atoms with Crippen molar-refractivity contribution in [1.29, 1.82) is 0 Å². The van der Waals surface area contributed by atoms with Crippen molar-refractivity contribution in [3.63, 3.8) is 0 Å². The van der Waals surface area contributed by atoms with E-state index in [0.29, 0.717) is 11.4 Å². The number of hydrogen-bond acceptors (Lipinski definition) is 4. The van der Waals surface area contributed by atoms with Crippen LogP contribution >= 0.6 is 0 Å². The molecule has 5 heteroatoms. The van der Waals surface area contributed by atoms with Crippen molar-refractivity contribution >= 4 is 0 Å². The van der Waals surface area contributed by atoms with E-state index in [1.807, 2.05) is 19.1 Å². The van der Waals surface area contributed by atoms with Crippen LogP contribution in [0.4, 0.5) is 0 Å². The predicted octanol–water partition coefficient (Wildman–Crippen LogP) is 2.09. The van der Waals surface area contributed by atoms with Crippen LogP contribution in [0.3, 0.4) is 0 Å². The van der Waals surface area contributed by atoms with E-state index < -0.39 is 6.10 Å². The zero-order chi connectivity index (χ0) is 13.8. The molecule has 1 atom stereocenters. The van der Waals surface area contributed by atoms with Crippen LogP contribution in [0.5, 0.6) is 5.75 Å². The zero-order valence-corrected chi connectivity index (χ0v) is 11.5. The molecule has 0 aromatic carbocycles. The molecule has 0 aliphatic rings. The maximum atomic E-state index is 10.5. The van der Waals surface area contributed by atoms with Gasteiger partial charge < -0.3 is 9.84 Å². The largest absolute Gasteiger partial charge is 0.493 e. The maximum Gasteiger partial charge on any atom is 0.163 e. The smallest absolute Gasteiger partial charge is 0.163 e. The van der Waals surface area contributed by atoms with Crippen molar-refractivity contribution in [2.24, 2.45) is 0 Å². The molecule has 5 nitrogen and oxygen atoms in total. The molecule has 0 aliphatic heterocycles. The highest BCUT2D eigenvalue weighted by Crippen LogP contribution is 2.29. The van der Waals surface area contributed by atoms with Crippen molar-refractivity contribution in [2.75, 3.05) is 7.11 Å². The van der Waals surface area contributed by atoms with Gasteiger partial charge in [-0.3, -0.25) is 9.67 Å². The molecule has 0 radical (unpaired) electrons. The Morgan fingerprint density at radius 1 is 1.37 bits per heavy atom. The third-order valence-corrected chi connectivity index (χ3v) is 3.01. The molecule has 0 amide bonds. The zero-order valence-electron chi connectivity index (χ0n) is 11.5. The van der Waals surface area contributed by atoms with Crippen LogP contribution in [0, 0.1) is 6.92 Å². The van der Waals surface area contributed by atoms with E-state index in [-0.39, 0.29) is 0 Å². The summed E-state index contributed by atoms with van der Waals surface area (Å²) in [7, 11) is 1.58. The van der Waals surface area contributed by atoms with Gasteiger partial charge in [-0.15, -0.1) is 0 Å². The second-order valence-corrected chi connectivity index (χ2v) is 4.46. The summed E-state index contributed by atoms with van der Waals surface area (Å²) in [5, 5.41) is 14.8. The lowest BCUT2D eigenvalue weighted by atomic mass is 10.1. The van der Waals surface area contributed by atoms with Crippen molar-refractivity contribution in [1.82, 2.24) is 14.8 Å². The first kappa shape index (κ1) is 13.5. The molecule has 1 N–H and O–H groups in total. The minimum atomic E-state index is -0.780. The fourth-order valence-electron chi connectivity index (χ4n) is 2.00. The number of aliphatic hydroxyl groups is 1. The molecule has 2 aromatic heterocycles. The van der Waals surface area contributed by atoms with Crippen molar-refractivity contribution in [3.8, 4) is 5.75 Å². The molecular formula is C14H19N3O2. The van der Waals surface area contributed by atoms with Gasteiger partial charge in [0, 0.05) is 24.0 Å². The first-order valence-corrected chi connectivity index (χ1v) is 6.37. The summed E-state index contributed by atoms with van der Waals surface area (Å²) < 4.78 is 7.06. The molecule has 1 unspecified atom stereocenters. The fourth-order valence-corrected chi connectivity index (χ4v) is 2.00. The quantitative estimate of drug-likeness (QED) is 0.895. The molecule has 0 bridgehead atoms. The minimum absolute atomic E-state index is 0.599. The van der Waals surface area contributed by atoms with E-state index in [9.17, 15) is 5.11 Å². The Morgan fingerprint density at radius 2 is 2.16 bits per heavy atom. The summed E-state index contributed by atoms with van der Waals surface area (Å²) in [6, 6.07) is 3.75. The summed E-state index contributed by atoms with van der Waals surface area (Å²) in [5.74, 6) is 0.599. The minimum Gasteiger partial charge on any atom is -0.493 e. The fraction of sp³-hybridized carbons (Fsp3) is 0.429. The van der Waals surface area contributed by atoms with Crippen molar-refractivity contribution in [2.45, 2.75) is 32.9 Å². The number of aliphatic hydroxyl groups excluding tert-OH is 1. The summed E-state index contributed by atoms with van der Waals surface area (Å²) >= 11 is 0. The number of methoxy groups -OCH3 is 1. The van der Waals surface area contributed by atoms with Gasteiger partial charge in [-0.05, 0) is 19.4 Å². The Balaban J connectivity index is 2.38. The van der Waals surface area contributed by atoms with Gasteiger partial charge in [0.2, 0.25) is 0 Å². The van der Waals surface area contributed by atoms with Crippen LogP contribution in [-0.2, 0) is 6.54 Å². The summed E-state index contributed by atoms with van der Waals surface area (Å²) in [4.78, 5) is 4.21. The van der Waals surface area contributed by atoms with Gasteiger partial charge in [-0.1, -0.05) is 13.0 Å². The monoisotopic (exact) mass is 261 g/mol. The Bertz CT molecular complexity index is 534. The van der Waals surface area contributed by atoms with Crippen LogP contribution in [-0.4, -0.2) is 27.0 Å². The third kappa shape index (κ3) is 2.76. The summed E-state index contributed by atoms with van der Waals surface area (Å²) in [5.41, 5.74) is 2.33. The lowest BCUT2D eigenvalue weighted by molar-refractivity contribution is 0.201. The third-order valence-electron chi connectivity index (χ3n) is 3.01. The molecule has 0 spiro atoms. The number of rotatable bonds is 5. The molecule has 0 fully saturated rings. The van der Waals surface area contributed by atoms with E-state index in [0.717, 1.165) is 24.2 Å². The average molecular weight is 261 g/mol. The van der Waals surface area contributed by atoms with Crippen LogP contribution in [0.1, 0.15) is 36.4 Å². The summed E-state index contributed by atoms with van der Waals surface area (Å²) in [6.07, 6.45) is 3.48. The molecule has 2 rings (SSSR count). The van der Waals surface area contributed by atoms with E-state index in [4.69, 9.17) is 4.74 Å². The average Bonchev–Trinajstić information content (AvgIpc) is 2.82. The highest BCUT2D eigenvalue weighted by atomic mass is 16.5. The number of hydrogen-bond donors (Lipinski definition) is 1. The first-order chi connectivity index (χ1) is 9.17. The van der Waals surface area contributed by atoms with Crippen LogP contribution in [0.15, 0.2) is 24.5 Å². The van der Waals surface area contributed by atoms with Crippen LogP contribution in [0.2, 0.25) is 0 Å².